The van der Waals surface area contributed by atoms with E-state index in [4.69, 9.17) is 16.3 Å². The number of hydrogen-bond acceptors (Lipinski definition) is 3. The Balaban J connectivity index is 1.37. The first-order valence-electron chi connectivity index (χ1n) is 10.8. The van der Waals surface area contributed by atoms with Gasteiger partial charge in [-0.15, -0.1) is 0 Å². The second-order valence-corrected chi connectivity index (χ2v) is 9.22. The number of halogens is 1. The van der Waals surface area contributed by atoms with E-state index in [9.17, 15) is 4.79 Å². The summed E-state index contributed by atoms with van der Waals surface area (Å²) < 4.78 is 6.22. The fourth-order valence-corrected chi connectivity index (χ4v) is 5.91. The van der Waals surface area contributed by atoms with Gasteiger partial charge in [-0.1, -0.05) is 36.6 Å². The molecular weight excluding hydrogens is 384 g/mol. The number of hydrogen-bond donors (Lipinski definition) is 0. The summed E-state index contributed by atoms with van der Waals surface area (Å²) in [6.07, 6.45) is 11.8. The second-order valence-electron chi connectivity index (χ2n) is 8.79. The van der Waals surface area contributed by atoms with Gasteiger partial charge in [0.15, 0.2) is 0 Å². The summed E-state index contributed by atoms with van der Waals surface area (Å²) in [5.74, 6) is 1.21. The van der Waals surface area contributed by atoms with Gasteiger partial charge in [0.05, 0.1) is 5.41 Å². The SMILES string of the molecule is O=C(N1C2CCC1CC(Oc1ccncc1)C2)C1(c2ccc(Cl)cc2)CCCC1. The van der Waals surface area contributed by atoms with Crippen molar-refractivity contribution in [2.45, 2.75) is 75.0 Å². The highest BCUT2D eigenvalue weighted by atomic mass is 35.5. The van der Waals surface area contributed by atoms with Crippen LogP contribution in [0.4, 0.5) is 0 Å². The molecule has 5 heteroatoms. The number of aromatic nitrogens is 1. The number of carbonyl (C=O) groups is 1. The number of fused-ring (bicyclic) bond motifs is 2. The summed E-state index contributed by atoms with van der Waals surface area (Å²) in [6, 6.07) is 12.4. The zero-order valence-corrected chi connectivity index (χ0v) is 17.4. The van der Waals surface area contributed by atoms with E-state index < -0.39 is 0 Å². The maximum atomic E-state index is 14.0. The van der Waals surface area contributed by atoms with Gasteiger partial charge in [-0.2, -0.15) is 0 Å². The van der Waals surface area contributed by atoms with Crippen LogP contribution in [0.2, 0.25) is 5.02 Å². The maximum Gasteiger partial charge on any atom is 0.233 e. The first-order valence-corrected chi connectivity index (χ1v) is 11.2. The lowest BCUT2D eigenvalue weighted by Gasteiger charge is -2.43. The molecule has 1 amide bonds. The first kappa shape index (κ1) is 18.9. The first-order chi connectivity index (χ1) is 14.2. The molecule has 5 rings (SSSR count). The summed E-state index contributed by atoms with van der Waals surface area (Å²) in [6.45, 7) is 0. The highest BCUT2D eigenvalue weighted by Gasteiger charge is 2.52. The molecule has 2 aromatic rings. The number of rotatable bonds is 4. The Labute approximate surface area is 177 Å². The van der Waals surface area contributed by atoms with Crippen LogP contribution in [-0.2, 0) is 10.2 Å². The molecule has 2 aliphatic heterocycles. The van der Waals surface area contributed by atoms with Crippen LogP contribution in [0.15, 0.2) is 48.8 Å². The molecule has 2 atom stereocenters. The summed E-state index contributed by atoms with van der Waals surface area (Å²) in [7, 11) is 0. The van der Waals surface area contributed by atoms with Crippen molar-refractivity contribution in [3.8, 4) is 5.75 Å². The minimum absolute atomic E-state index is 0.175. The number of amides is 1. The number of ether oxygens (including phenoxy) is 1. The molecule has 0 spiro atoms. The van der Waals surface area contributed by atoms with Crippen molar-refractivity contribution in [3.63, 3.8) is 0 Å². The van der Waals surface area contributed by atoms with E-state index in [1.165, 1.54) is 0 Å². The quantitative estimate of drug-likeness (QED) is 0.700. The van der Waals surface area contributed by atoms with E-state index in [2.05, 4.69) is 22.0 Å². The molecule has 0 N–H and O–H groups in total. The van der Waals surface area contributed by atoms with Gasteiger partial charge in [-0.3, -0.25) is 9.78 Å². The van der Waals surface area contributed by atoms with E-state index in [0.717, 1.165) is 67.7 Å². The number of carbonyl (C=O) groups excluding carboxylic acids is 1. The molecule has 3 fully saturated rings. The Bertz CT molecular complexity index is 850. The number of pyridine rings is 1. The normalized spacial score (nSPS) is 27.8. The van der Waals surface area contributed by atoms with Crippen LogP contribution in [0.5, 0.6) is 5.75 Å². The molecule has 0 radical (unpaired) electrons. The third-order valence-corrected chi connectivity index (χ3v) is 7.39. The molecule has 1 aromatic carbocycles. The van der Waals surface area contributed by atoms with Crippen molar-refractivity contribution in [1.29, 1.82) is 0 Å². The summed E-state index contributed by atoms with van der Waals surface area (Å²) in [5.41, 5.74) is 0.767. The van der Waals surface area contributed by atoms with Gasteiger partial charge in [0, 0.05) is 42.3 Å². The number of nitrogens with zero attached hydrogens (tertiary/aromatic N) is 2. The molecule has 4 nitrogen and oxygen atoms in total. The van der Waals surface area contributed by atoms with E-state index in [0.29, 0.717) is 5.91 Å². The monoisotopic (exact) mass is 410 g/mol. The van der Waals surface area contributed by atoms with Gasteiger partial charge in [0.1, 0.15) is 11.9 Å². The zero-order valence-electron chi connectivity index (χ0n) is 16.6. The lowest BCUT2D eigenvalue weighted by Crippen LogP contribution is -2.55. The van der Waals surface area contributed by atoms with Gasteiger partial charge >= 0.3 is 0 Å². The molecule has 2 bridgehead atoms. The van der Waals surface area contributed by atoms with Crippen molar-refractivity contribution in [3.05, 3.63) is 59.4 Å². The number of benzene rings is 1. The average Bonchev–Trinajstić information content (AvgIpc) is 3.33. The zero-order chi connectivity index (χ0) is 19.8. The predicted octanol–water partition coefficient (Wildman–Crippen LogP) is 5.15. The Morgan fingerprint density at radius 1 is 1.00 bits per heavy atom. The third kappa shape index (κ3) is 3.42. The lowest BCUT2D eigenvalue weighted by molar-refractivity contribution is -0.143. The van der Waals surface area contributed by atoms with Crippen LogP contribution in [0.25, 0.3) is 0 Å². The standard InChI is InChI=1S/C24H27ClN2O2/c25-18-5-3-17(4-6-18)24(11-1-2-12-24)23(28)27-19-7-8-20(27)16-22(15-19)29-21-9-13-26-14-10-21/h3-6,9-10,13-14,19-20,22H,1-2,7-8,11-12,15-16H2. The topological polar surface area (TPSA) is 42.4 Å². The van der Waals surface area contributed by atoms with Crippen LogP contribution in [0, 0.1) is 0 Å². The van der Waals surface area contributed by atoms with Crippen molar-refractivity contribution >= 4 is 17.5 Å². The van der Waals surface area contributed by atoms with Gasteiger partial charge in [-0.05, 0) is 55.5 Å². The molecule has 2 unspecified atom stereocenters. The second kappa shape index (κ2) is 7.64. The van der Waals surface area contributed by atoms with E-state index in [1.807, 2.05) is 24.3 Å². The van der Waals surface area contributed by atoms with E-state index >= 15 is 0 Å². The molecule has 1 aliphatic carbocycles. The molecule has 1 aromatic heterocycles. The maximum absolute atomic E-state index is 14.0. The Hall–Kier alpha value is -2.07. The van der Waals surface area contributed by atoms with Crippen LogP contribution in [-0.4, -0.2) is 34.0 Å². The highest BCUT2D eigenvalue weighted by molar-refractivity contribution is 6.30. The van der Waals surface area contributed by atoms with Crippen molar-refractivity contribution < 1.29 is 9.53 Å². The fraction of sp³-hybridized carbons (Fsp3) is 0.500. The van der Waals surface area contributed by atoms with Crippen molar-refractivity contribution in [2.24, 2.45) is 0 Å². The molecular formula is C24H27ClN2O2. The molecule has 3 heterocycles. The van der Waals surface area contributed by atoms with Crippen LogP contribution in [0.1, 0.15) is 56.9 Å². The third-order valence-electron chi connectivity index (χ3n) is 7.14. The Morgan fingerprint density at radius 3 is 2.24 bits per heavy atom. The Kier molecular flexibility index (Phi) is 4.99. The summed E-state index contributed by atoms with van der Waals surface area (Å²) in [4.78, 5) is 20.3. The summed E-state index contributed by atoms with van der Waals surface area (Å²) >= 11 is 6.12. The highest BCUT2D eigenvalue weighted by Crippen LogP contribution is 2.47. The fourth-order valence-electron chi connectivity index (χ4n) is 5.78. The predicted molar refractivity (Wildman–Crippen MR) is 113 cm³/mol. The van der Waals surface area contributed by atoms with Crippen molar-refractivity contribution in [2.75, 3.05) is 0 Å². The molecule has 2 saturated heterocycles. The Morgan fingerprint density at radius 2 is 1.62 bits per heavy atom. The van der Waals surface area contributed by atoms with Gasteiger partial charge in [-0.25, -0.2) is 0 Å². The van der Waals surface area contributed by atoms with E-state index in [-0.39, 0.29) is 23.6 Å². The largest absolute Gasteiger partial charge is 0.490 e. The van der Waals surface area contributed by atoms with E-state index in [1.54, 1.807) is 12.4 Å². The molecule has 29 heavy (non-hydrogen) atoms. The van der Waals surface area contributed by atoms with Crippen molar-refractivity contribution in [1.82, 2.24) is 9.88 Å². The molecule has 3 aliphatic rings. The molecule has 152 valence electrons. The minimum Gasteiger partial charge on any atom is -0.490 e. The lowest BCUT2D eigenvalue weighted by atomic mass is 9.76. The minimum atomic E-state index is -0.371. The van der Waals surface area contributed by atoms with Gasteiger partial charge < -0.3 is 9.64 Å². The van der Waals surface area contributed by atoms with Gasteiger partial charge in [0.25, 0.3) is 0 Å². The van der Waals surface area contributed by atoms with Gasteiger partial charge in [0.2, 0.25) is 5.91 Å². The average molecular weight is 411 g/mol. The molecule has 1 saturated carbocycles. The van der Waals surface area contributed by atoms with Crippen LogP contribution in [0.3, 0.4) is 0 Å². The van der Waals surface area contributed by atoms with Crippen LogP contribution >= 0.6 is 11.6 Å². The van der Waals surface area contributed by atoms with Crippen LogP contribution < -0.4 is 4.74 Å². The smallest absolute Gasteiger partial charge is 0.233 e. The number of piperidine rings is 1. The summed E-state index contributed by atoms with van der Waals surface area (Å²) in [5, 5.41) is 0.725.